The van der Waals surface area contributed by atoms with Crippen molar-refractivity contribution in [1.82, 2.24) is 14.7 Å². The molecule has 1 atom stereocenters. The highest BCUT2D eigenvalue weighted by Gasteiger charge is 2.42. The summed E-state index contributed by atoms with van der Waals surface area (Å²) in [5, 5.41) is 6.77. The molecule has 2 amide bonds. The number of halogens is 3. The molecule has 128 valence electrons. The number of anilines is 1. The Bertz CT molecular complexity index is 700. The predicted octanol–water partition coefficient (Wildman–Crippen LogP) is 3.68. The van der Waals surface area contributed by atoms with Gasteiger partial charge in [-0.05, 0) is 37.1 Å². The lowest BCUT2D eigenvalue weighted by molar-refractivity contribution is -0.183. The molecule has 8 heteroatoms. The van der Waals surface area contributed by atoms with Crippen LogP contribution in [0.15, 0.2) is 42.7 Å². The zero-order valence-electron chi connectivity index (χ0n) is 12.8. The van der Waals surface area contributed by atoms with Crippen LogP contribution in [0.3, 0.4) is 0 Å². The van der Waals surface area contributed by atoms with E-state index in [9.17, 15) is 18.0 Å². The molecular formula is C16H17F3N4O. The summed E-state index contributed by atoms with van der Waals surface area (Å²) in [5.41, 5.74) is 1.27. The molecule has 0 saturated carbocycles. The third-order valence-electron chi connectivity index (χ3n) is 4.04. The fourth-order valence-corrected chi connectivity index (χ4v) is 2.78. The first-order chi connectivity index (χ1) is 11.4. The van der Waals surface area contributed by atoms with Crippen LogP contribution < -0.4 is 5.32 Å². The van der Waals surface area contributed by atoms with Gasteiger partial charge in [-0.2, -0.15) is 18.3 Å². The van der Waals surface area contributed by atoms with Crippen molar-refractivity contribution in [2.45, 2.75) is 19.0 Å². The molecule has 5 nitrogen and oxygen atoms in total. The van der Waals surface area contributed by atoms with E-state index in [2.05, 4.69) is 10.4 Å². The summed E-state index contributed by atoms with van der Waals surface area (Å²) in [4.78, 5) is 13.5. The zero-order valence-corrected chi connectivity index (χ0v) is 12.8. The minimum Gasteiger partial charge on any atom is -0.324 e. The molecule has 1 aromatic heterocycles. The molecule has 1 saturated heterocycles. The van der Waals surface area contributed by atoms with Crippen molar-refractivity contribution in [3.05, 3.63) is 42.7 Å². The Labute approximate surface area is 137 Å². The molecule has 1 N–H and O–H groups in total. The average Bonchev–Trinajstić information content (AvgIpc) is 3.09. The Morgan fingerprint density at radius 3 is 2.83 bits per heavy atom. The number of carbonyl (C=O) groups excluding carboxylic acids is 1. The van der Waals surface area contributed by atoms with Gasteiger partial charge in [0.25, 0.3) is 0 Å². The maximum Gasteiger partial charge on any atom is 0.393 e. The van der Waals surface area contributed by atoms with Crippen LogP contribution in [0.2, 0.25) is 0 Å². The van der Waals surface area contributed by atoms with Crippen molar-refractivity contribution < 1.29 is 18.0 Å². The summed E-state index contributed by atoms with van der Waals surface area (Å²) >= 11 is 0. The van der Waals surface area contributed by atoms with Crippen molar-refractivity contribution in [1.29, 1.82) is 0 Å². The van der Waals surface area contributed by atoms with Gasteiger partial charge in [0, 0.05) is 31.2 Å². The maximum atomic E-state index is 12.8. The molecule has 0 spiro atoms. The number of urea groups is 1. The third-order valence-corrected chi connectivity index (χ3v) is 4.04. The molecule has 3 rings (SSSR count). The van der Waals surface area contributed by atoms with Gasteiger partial charge in [0.1, 0.15) is 0 Å². The molecule has 0 bridgehead atoms. The number of carbonyl (C=O) groups is 1. The van der Waals surface area contributed by atoms with Crippen LogP contribution in [0.5, 0.6) is 0 Å². The monoisotopic (exact) mass is 338 g/mol. The molecule has 2 heterocycles. The van der Waals surface area contributed by atoms with E-state index in [0.29, 0.717) is 18.7 Å². The van der Waals surface area contributed by atoms with Gasteiger partial charge in [-0.15, -0.1) is 0 Å². The van der Waals surface area contributed by atoms with Crippen molar-refractivity contribution >= 4 is 11.7 Å². The lowest BCUT2D eigenvalue weighted by atomic mass is 9.98. The largest absolute Gasteiger partial charge is 0.393 e. The van der Waals surface area contributed by atoms with E-state index in [4.69, 9.17) is 0 Å². The first-order valence-corrected chi connectivity index (χ1v) is 7.66. The fourth-order valence-electron chi connectivity index (χ4n) is 2.78. The van der Waals surface area contributed by atoms with Gasteiger partial charge in [-0.1, -0.05) is 6.07 Å². The number of piperidine rings is 1. The summed E-state index contributed by atoms with van der Waals surface area (Å²) in [6.45, 7) is 0.0332. The number of alkyl halides is 3. The van der Waals surface area contributed by atoms with E-state index in [1.807, 2.05) is 6.07 Å². The first-order valence-electron chi connectivity index (χ1n) is 7.66. The van der Waals surface area contributed by atoms with Gasteiger partial charge in [0.15, 0.2) is 0 Å². The molecule has 0 aliphatic carbocycles. The van der Waals surface area contributed by atoms with Gasteiger partial charge in [-0.3, -0.25) is 0 Å². The lowest BCUT2D eigenvalue weighted by Crippen LogP contribution is -2.46. The number of hydrogen-bond donors (Lipinski definition) is 1. The first kappa shape index (κ1) is 16.4. The fraction of sp³-hybridized carbons (Fsp3) is 0.375. The molecular weight excluding hydrogens is 321 g/mol. The van der Waals surface area contributed by atoms with Crippen molar-refractivity contribution in [3.63, 3.8) is 0 Å². The van der Waals surface area contributed by atoms with E-state index in [1.54, 1.807) is 41.3 Å². The number of benzene rings is 1. The second kappa shape index (κ2) is 6.54. The number of amides is 2. The van der Waals surface area contributed by atoms with Crippen LogP contribution in [-0.4, -0.2) is 40.0 Å². The summed E-state index contributed by atoms with van der Waals surface area (Å²) in [5.74, 6) is -1.45. The smallest absolute Gasteiger partial charge is 0.324 e. The lowest BCUT2D eigenvalue weighted by Gasteiger charge is -2.33. The predicted molar refractivity (Wildman–Crippen MR) is 82.9 cm³/mol. The van der Waals surface area contributed by atoms with E-state index in [-0.39, 0.29) is 13.0 Å². The van der Waals surface area contributed by atoms with E-state index < -0.39 is 18.1 Å². The number of hydrogen-bond acceptors (Lipinski definition) is 2. The topological polar surface area (TPSA) is 50.2 Å². The van der Waals surface area contributed by atoms with Gasteiger partial charge in [0.2, 0.25) is 0 Å². The Balaban J connectivity index is 1.68. The summed E-state index contributed by atoms with van der Waals surface area (Å²) in [6, 6.07) is 8.24. The number of nitrogens with one attached hydrogen (secondary N) is 1. The normalized spacial score (nSPS) is 18.5. The summed E-state index contributed by atoms with van der Waals surface area (Å²) in [7, 11) is 0. The second-order valence-corrected chi connectivity index (χ2v) is 5.76. The van der Waals surface area contributed by atoms with Crippen molar-refractivity contribution in [2.24, 2.45) is 5.92 Å². The van der Waals surface area contributed by atoms with Crippen LogP contribution in [0.25, 0.3) is 5.69 Å². The van der Waals surface area contributed by atoms with E-state index in [1.165, 1.54) is 4.90 Å². The molecule has 1 aliphatic rings. The molecule has 1 aliphatic heterocycles. The Hall–Kier alpha value is -2.51. The molecule has 1 fully saturated rings. The summed E-state index contributed by atoms with van der Waals surface area (Å²) < 4.78 is 40.2. The molecule has 0 radical (unpaired) electrons. The van der Waals surface area contributed by atoms with E-state index in [0.717, 1.165) is 5.69 Å². The van der Waals surface area contributed by atoms with Gasteiger partial charge in [0.05, 0.1) is 11.6 Å². The molecule has 2 aromatic rings. The summed E-state index contributed by atoms with van der Waals surface area (Å²) in [6.07, 6.45) is -0.443. The Morgan fingerprint density at radius 2 is 2.12 bits per heavy atom. The minimum absolute atomic E-state index is 0.0715. The Kier molecular flexibility index (Phi) is 4.46. The second-order valence-electron chi connectivity index (χ2n) is 5.76. The van der Waals surface area contributed by atoms with Crippen LogP contribution in [0.4, 0.5) is 23.7 Å². The minimum atomic E-state index is -4.26. The van der Waals surface area contributed by atoms with Gasteiger partial charge in [-0.25, -0.2) is 9.48 Å². The highest BCUT2D eigenvalue weighted by atomic mass is 19.4. The van der Waals surface area contributed by atoms with E-state index >= 15 is 0 Å². The van der Waals surface area contributed by atoms with Crippen molar-refractivity contribution in [3.8, 4) is 5.69 Å². The third kappa shape index (κ3) is 3.69. The zero-order chi connectivity index (χ0) is 17.2. The molecule has 24 heavy (non-hydrogen) atoms. The quantitative estimate of drug-likeness (QED) is 0.908. The van der Waals surface area contributed by atoms with Crippen LogP contribution >= 0.6 is 0 Å². The number of likely N-dealkylation sites (tertiary alicyclic amines) is 1. The average molecular weight is 338 g/mol. The van der Waals surface area contributed by atoms with Crippen LogP contribution in [-0.2, 0) is 0 Å². The van der Waals surface area contributed by atoms with Crippen LogP contribution in [0.1, 0.15) is 12.8 Å². The standard InChI is InChI=1S/C16H17F3N4O/c17-16(18,19)12-4-2-8-22(11-12)15(24)21-13-5-1-6-14(10-13)23-9-3-7-20-23/h1,3,5-7,9-10,12H,2,4,8,11H2,(H,21,24). The number of aromatic nitrogens is 2. The highest BCUT2D eigenvalue weighted by molar-refractivity contribution is 5.89. The van der Waals surface area contributed by atoms with Gasteiger partial charge < -0.3 is 10.2 Å². The highest BCUT2D eigenvalue weighted by Crippen LogP contribution is 2.33. The van der Waals surface area contributed by atoms with Crippen LogP contribution in [0, 0.1) is 5.92 Å². The number of rotatable bonds is 2. The molecule has 1 aromatic carbocycles. The Morgan fingerprint density at radius 1 is 1.29 bits per heavy atom. The SMILES string of the molecule is O=C(Nc1cccc(-n2cccn2)c1)N1CCCC(C(F)(F)F)C1. The molecule has 1 unspecified atom stereocenters. The maximum absolute atomic E-state index is 12.8. The van der Waals surface area contributed by atoms with Gasteiger partial charge >= 0.3 is 12.2 Å². The van der Waals surface area contributed by atoms with Crippen molar-refractivity contribution in [2.75, 3.05) is 18.4 Å². The number of nitrogens with zero attached hydrogens (tertiary/aromatic N) is 3.